The Balaban J connectivity index is 2.22. The molecular weight excluding hydrogens is 440 g/mol. The summed E-state index contributed by atoms with van der Waals surface area (Å²) < 4.78 is 10.7. The predicted molar refractivity (Wildman–Crippen MR) is 132 cm³/mol. The molecule has 2 aromatic carbocycles. The van der Waals surface area contributed by atoms with E-state index in [1.807, 2.05) is 51.1 Å². The molecule has 2 aromatic rings. The van der Waals surface area contributed by atoms with Gasteiger partial charge in [-0.25, -0.2) is 0 Å². The molecule has 0 spiro atoms. The molecule has 0 bridgehead atoms. The number of benzene rings is 2. The number of aryl methyl sites for hydroxylation is 1. The summed E-state index contributed by atoms with van der Waals surface area (Å²) in [5, 5.41) is 3.66. The predicted octanol–water partition coefficient (Wildman–Crippen LogP) is 5.01. The first-order valence-corrected chi connectivity index (χ1v) is 11.8. The summed E-state index contributed by atoms with van der Waals surface area (Å²) in [6.07, 6.45) is 2.15. The number of methoxy groups -OCH3 is 2. The van der Waals surface area contributed by atoms with Crippen molar-refractivity contribution < 1.29 is 19.1 Å². The third-order valence-electron chi connectivity index (χ3n) is 5.73. The van der Waals surface area contributed by atoms with E-state index in [9.17, 15) is 9.59 Å². The highest BCUT2D eigenvalue weighted by atomic mass is 35.5. The third kappa shape index (κ3) is 7.67. The molecule has 2 rings (SSSR count). The van der Waals surface area contributed by atoms with Crippen molar-refractivity contribution >= 4 is 23.4 Å². The zero-order chi connectivity index (χ0) is 24.4. The molecule has 0 aliphatic rings. The quantitative estimate of drug-likeness (QED) is 0.469. The SMILES string of the molecule is CC[C@@H](C)NC(=O)[C@H](CC)N(Cc1ccc(Cl)cc1)C(=O)CCc1ccc(OC)c(OC)c1. The van der Waals surface area contributed by atoms with Crippen LogP contribution in [0.15, 0.2) is 42.5 Å². The first-order chi connectivity index (χ1) is 15.8. The van der Waals surface area contributed by atoms with E-state index >= 15 is 0 Å². The fourth-order valence-electron chi connectivity index (χ4n) is 3.58. The van der Waals surface area contributed by atoms with Gasteiger partial charge in [0, 0.05) is 24.0 Å². The highest BCUT2D eigenvalue weighted by Crippen LogP contribution is 2.28. The molecule has 7 heteroatoms. The lowest BCUT2D eigenvalue weighted by atomic mass is 10.1. The van der Waals surface area contributed by atoms with Gasteiger partial charge in [0.2, 0.25) is 11.8 Å². The van der Waals surface area contributed by atoms with Crippen LogP contribution in [-0.2, 0) is 22.6 Å². The van der Waals surface area contributed by atoms with E-state index in [1.165, 1.54) is 0 Å². The molecule has 0 saturated carbocycles. The summed E-state index contributed by atoms with van der Waals surface area (Å²) in [5.74, 6) is 1.07. The standard InChI is InChI=1S/C26H35ClN2O4/c1-6-18(3)28-26(31)22(7-2)29(17-20-8-12-21(27)13-9-20)25(30)15-11-19-10-14-23(32-4)24(16-19)33-5/h8-10,12-14,16,18,22H,6-7,11,15,17H2,1-5H3,(H,28,31)/t18-,22+/m1/s1. The third-order valence-corrected chi connectivity index (χ3v) is 5.98. The number of nitrogens with one attached hydrogen (secondary N) is 1. The van der Waals surface area contributed by atoms with Gasteiger partial charge in [-0.15, -0.1) is 0 Å². The van der Waals surface area contributed by atoms with Crippen LogP contribution in [0, 0.1) is 0 Å². The molecule has 6 nitrogen and oxygen atoms in total. The summed E-state index contributed by atoms with van der Waals surface area (Å²) in [7, 11) is 3.17. The van der Waals surface area contributed by atoms with Crippen molar-refractivity contribution in [2.75, 3.05) is 14.2 Å². The number of amides is 2. The van der Waals surface area contributed by atoms with Crippen LogP contribution in [0.3, 0.4) is 0 Å². The average Bonchev–Trinajstić information content (AvgIpc) is 2.83. The van der Waals surface area contributed by atoms with Gasteiger partial charge < -0.3 is 19.7 Å². The number of halogens is 1. The minimum absolute atomic E-state index is 0.0470. The Morgan fingerprint density at radius 1 is 0.970 bits per heavy atom. The van der Waals surface area contributed by atoms with E-state index < -0.39 is 6.04 Å². The highest BCUT2D eigenvalue weighted by molar-refractivity contribution is 6.30. The first kappa shape index (κ1) is 26.5. The largest absolute Gasteiger partial charge is 0.493 e. The Bertz CT molecular complexity index is 917. The van der Waals surface area contributed by atoms with Crippen LogP contribution in [0.2, 0.25) is 5.02 Å². The second kappa shape index (κ2) is 13.1. The van der Waals surface area contributed by atoms with Crippen LogP contribution in [-0.4, -0.2) is 43.0 Å². The monoisotopic (exact) mass is 474 g/mol. The lowest BCUT2D eigenvalue weighted by Crippen LogP contribution is -2.50. The molecule has 2 amide bonds. The topological polar surface area (TPSA) is 67.9 Å². The minimum atomic E-state index is -0.549. The number of hydrogen-bond donors (Lipinski definition) is 1. The average molecular weight is 475 g/mol. The number of rotatable bonds is 12. The molecule has 180 valence electrons. The molecule has 0 aromatic heterocycles. The van der Waals surface area contributed by atoms with E-state index in [2.05, 4.69) is 5.32 Å². The maximum absolute atomic E-state index is 13.4. The maximum Gasteiger partial charge on any atom is 0.243 e. The summed E-state index contributed by atoms with van der Waals surface area (Å²) in [6.45, 7) is 6.25. The van der Waals surface area contributed by atoms with Crippen LogP contribution >= 0.6 is 11.6 Å². The summed E-state index contributed by atoms with van der Waals surface area (Å²) in [5.41, 5.74) is 1.89. The first-order valence-electron chi connectivity index (χ1n) is 11.4. The normalized spacial score (nSPS) is 12.5. The fraction of sp³-hybridized carbons (Fsp3) is 0.462. The fourth-order valence-corrected chi connectivity index (χ4v) is 3.70. The van der Waals surface area contributed by atoms with Gasteiger partial charge in [-0.1, -0.05) is 43.6 Å². The van der Waals surface area contributed by atoms with Crippen molar-refractivity contribution in [2.45, 2.75) is 65.1 Å². The van der Waals surface area contributed by atoms with Gasteiger partial charge in [-0.3, -0.25) is 9.59 Å². The van der Waals surface area contributed by atoms with Crippen molar-refractivity contribution in [3.63, 3.8) is 0 Å². The second-order valence-electron chi connectivity index (χ2n) is 8.08. The Morgan fingerprint density at radius 2 is 1.61 bits per heavy atom. The Hall–Kier alpha value is -2.73. The molecule has 33 heavy (non-hydrogen) atoms. The summed E-state index contributed by atoms with van der Waals surface area (Å²) in [6, 6.07) is 12.5. The molecular formula is C26H35ClN2O4. The molecule has 1 N–H and O–H groups in total. The van der Waals surface area contributed by atoms with Crippen molar-refractivity contribution in [2.24, 2.45) is 0 Å². The lowest BCUT2D eigenvalue weighted by molar-refractivity contribution is -0.141. The number of carbonyl (C=O) groups is 2. The molecule has 0 heterocycles. The molecule has 0 unspecified atom stereocenters. The lowest BCUT2D eigenvalue weighted by Gasteiger charge is -2.31. The van der Waals surface area contributed by atoms with Gasteiger partial charge >= 0.3 is 0 Å². The Morgan fingerprint density at radius 3 is 2.18 bits per heavy atom. The second-order valence-corrected chi connectivity index (χ2v) is 8.52. The van der Waals surface area contributed by atoms with Gasteiger partial charge in [-0.05, 0) is 61.6 Å². The Labute approximate surface area is 202 Å². The van der Waals surface area contributed by atoms with E-state index in [0.717, 1.165) is 17.5 Å². The van der Waals surface area contributed by atoms with Gasteiger partial charge in [-0.2, -0.15) is 0 Å². The zero-order valence-electron chi connectivity index (χ0n) is 20.2. The Kier molecular flexibility index (Phi) is 10.5. The minimum Gasteiger partial charge on any atom is -0.493 e. The van der Waals surface area contributed by atoms with Crippen LogP contribution in [0.4, 0.5) is 0 Å². The van der Waals surface area contributed by atoms with Crippen LogP contribution in [0.5, 0.6) is 11.5 Å². The molecule has 0 aliphatic heterocycles. The van der Waals surface area contributed by atoms with Crippen molar-refractivity contribution in [3.05, 3.63) is 58.6 Å². The number of hydrogen-bond acceptors (Lipinski definition) is 4. The van der Waals surface area contributed by atoms with Crippen molar-refractivity contribution in [1.82, 2.24) is 10.2 Å². The van der Waals surface area contributed by atoms with Gasteiger partial charge in [0.05, 0.1) is 14.2 Å². The molecule has 2 atom stereocenters. The van der Waals surface area contributed by atoms with Crippen molar-refractivity contribution in [1.29, 1.82) is 0 Å². The van der Waals surface area contributed by atoms with Gasteiger partial charge in [0.15, 0.2) is 11.5 Å². The van der Waals surface area contributed by atoms with Crippen LogP contribution in [0.1, 0.15) is 51.2 Å². The molecule has 0 saturated heterocycles. The summed E-state index contributed by atoms with van der Waals surface area (Å²) in [4.78, 5) is 28.1. The summed E-state index contributed by atoms with van der Waals surface area (Å²) >= 11 is 6.02. The smallest absolute Gasteiger partial charge is 0.243 e. The van der Waals surface area contributed by atoms with Crippen LogP contribution in [0.25, 0.3) is 0 Å². The van der Waals surface area contributed by atoms with Crippen LogP contribution < -0.4 is 14.8 Å². The van der Waals surface area contributed by atoms with E-state index in [0.29, 0.717) is 35.9 Å². The highest BCUT2D eigenvalue weighted by Gasteiger charge is 2.29. The molecule has 0 fully saturated rings. The van der Waals surface area contributed by atoms with E-state index in [-0.39, 0.29) is 24.3 Å². The van der Waals surface area contributed by atoms with Gasteiger partial charge in [0.25, 0.3) is 0 Å². The van der Waals surface area contributed by atoms with Crippen molar-refractivity contribution in [3.8, 4) is 11.5 Å². The number of carbonyl (C=O) groups excluding carboxylic acids is 2. The van der Waals surface area contributed by atoms with E-state index in [1.54, 1.807) is 31.3 Å². The molecule has 0 aliphatic carbocycles. The number of nitrogens with zero attached hydrogens (tertiary/aromatic N) is 1. The number of ether oxygens (including phenoxy) is 2. The molecule has 0 radical (unpaired) electrons. The van der Waals surface area contributed by atoms with E-state index in [4.69, 9.17) is 21.1 Å². The zero-order valence-corrected chi connectivity index (χ0v) is 20.9. The maximum atomic E-state index is 13.4. The van der Waals surface area contributed by atoms with Gasteiger partial charge in [0.1, 0.15) is 6.04 Å².